The average molecular weight is 404 g/mol. The van der Waals surface area contributed by atoms with E-state index >= 15 is 0 Å². The first kappa shape index (κ1) is 15.9. The molecular formula is C18H15NO5Se. The molecule has 6 nitrogen and oxygen atoms in total. The van der Waals surface area contributed by atoms with Crippen LogP contribution in [0.25, 0.3) is 5.76 Å². The average Bonchev–Trinajstić information content (AvgIpc) is 3.21. The van der Waals surface area contributed by atoms with Crippen LogP contribution in [-0.2, 0) is 7.64 Å². The fourth-order valence-corrected chi connectivity index (χ4v) is 5.77. The minimum absolute atomic E-state index is 0.0652. The van der Waals surface area contributed by atoms with E-state index in [4.69, 9.17) is 12.4 Å². The van der Waals surface area contributed by atoms with E-state index in [1.54, 1.807) is 19.2 Å². The van der Waals surface area contributed by atoms with Gasteiger partial charge in [-0.3, -0.25) is 0 Å². The Labute approximate surface area is 149 Å². The molecule has 4 rings (SSSR count). The van der Waals surface area contributed by atoms with Crippen LogP contribution >= 0.6 is 0 Å². The summed E-state index contributed by atoms with van der Waals surface area (Å²) in [4.78, 5) is 10.3. The van der Waals surface area contributed by atoms with E-state index in [9.17, 15) is 10.1 Å². The first-order valence-electron chi connectivity index (χ1n) is 7.61. The van der Waals surface area contributed by atoms with Gasteiger partial charge in [-0.05, 0) is 0 Å². The number of hydrogen-bond acceptors (Lipinski definition) is 5. The Morgan fingerprint density at radius 2 is 1.84 bits per heavy atom. The number of rotatable bonds is 4. The Morgan fingerprint density at radius 3 is 2.44 bits per heavy atom. The summed E-state index contributed by atoms with van der Waals surface area (Å²) in [5.74, 6) is 1.53. The van der Waals surface area contributed by atoms with Crippen molar-refractivity contribution in [2.75, 3.05) is 7.11 Å². The molecule has 2 atom stereocenters. The van der Waals surface area contributed by atoms with Crippen molar-refractivity contribution in [3.05, 3.63) is 86.4 Å². The molecule has 0 radical (unpaired) electrons. The van der Waals surface area contributed by atoms with Crippen LogP contribution in [0.3, 0.4) is 0 Å². The van der Waals surface area contributed by atoms with Gasteiger partial charge in [-0.2, -0.15) is 0 Å². The molecule has 128 valence electrons. The number of benzene rings is 2. The SMILES string of the molecule is COc1ccc(C2C=C3C=C(c4ccc([N+](=O)[O-])cc4)O[SeH]3O2)cc1. The van der Waals surface area contributed by atoms with Gasteiger partial charge in [-0.1, -0.05) is 0 Å². The zero-order valence-electron chi connectivity index (χ0n) is 13.3. The molecule has 25 heavy (non-hydrogen) atoms. The molecule has 2 aromatic rings. The molecule has 2 unspecified atom stereocenters. The predicted octanol–water partition coefficient (Wildman–Crippen LogP) is 3.43. The first-order chi connectivity index (χ1) is 12.1. The number of ether oxygens (including phenoxy) is 1. The molecule has 0 spiro atoms. The molecule has 0 aromatic heterocycles. The Kier molecular flexibility index (Phi) is 4.05. The van der Waals surface area contributed by atoms with Crippen LogP contribution < -0.4 is 4.74 Å². The second-order valence-corrected chi connectivity index (χ2v) is 8.54. The standard InChI is InChI=1S/C18H15NO5Se/c1-22-15-8-4-13(5-9-15)18-11-16-10-17(23-25(16)24-18)12-2-6-14(7-3-12)19(20)21/h2-11,18,25H,1H3. The fraction of sp³-hybridized carbons (Fsp3) is 0.111. The van der Waals surface area contributed by atoms with E-state index in [0.29, 0.717) is 5.76 Å². The molecule has 0 amide bonds. The maximum atomic E-state index is 10.7. The molecule has 0 saturated heterocycles. The fourth-order valence-electron chi connectivity index (χ4n) is 2.67. The van der Waals surface area contributed by atoms with Gasteiger partial charge in [0.15, 0.2) is 0 Å². The van der Waals surface area contributed by atoms with Crippen molar-refractivity contribution in [3.63, 3.8) is 0 Å². The summed E-state index contributed by atoms with van der Waals surface area (Å²) in [6.45, 7) is 0. The molecule has 0 N–H and O–H groups in total. The van der Waals surface area contributed by atoms with Crippen molar-refractivity contribution in [3.8, 4) is 5.75 Å². The number of hydrogen-bond donors (Lipinski definition) is 0. The second-order valence-electron chi connectivity index (χ2n) is 5.55. The summed E-state index contributed by atoms with van der Waals surface area (Å²) >= 11 is -2.02. The van der Waals surface area contributed by atoms with Crippen molar-refractivity contribution in [2.45, 2.75) is 6.10 Å². The predicted molar refractivity (Wildman–Crippen MR) is 94.2 cm³/mol. The molecule has 2 aliphatic heterocycles. The van der Waals surface area contributed by atoms with E-state index in [1.165, 1.54) is 12.1 Å². The number of nitro benzene ring substituents is 1. The van der Waals surface area contributed by atoms with Gasteiger partial charge in [0.1, 0.15) is 0 Å². The summed E-state index contributed by atoms with van der Waals surface area (Å²) in [7, 11) is 1.64. The number of non-ortho nitro benzene ring substituents is 1. The topological polar surface area (TPSA) is 70.8 Å². The zero-order valence-corrected chi connectivity index (χ0v) is 15.2. The van der Waals surface area contributed by atoms with Crippen LogP contribution in [0, 0.1) is 10.1 Å². The Balaban J connectivity index is 1.53. The third-order valence-corrected chi connectivity index (χ3v) is 7.12. The van der Waals surface area contributed by atoms with Crippen LogP contribution in [0.4, 0.5) is 5.69 Å². The van der Waals surface area contributed by atoms with Crippen LogP contribution in [0.5, 0.6) is 5.75 Å². The van der Waals surface area contributed by atoms with Gasteiger partial charge in [0, 0.05) is 0 Å². The summed E-state index contributed by atoms with van der Waals surface area (Å²) in [5.41, 5.74) is 1.95. The quantitative estimate of drug-likeness (QED) is 0.444. The molecule has 2 heterocycles. The number of fused-ring (bicyclic) bond motifs is 1. The van der Waals surface area contributed by atoms with E-state index in [-0.39, 0.29) is 11.8 Å². The van der Waals surface area contributed by atoms with Gasteiger partial charge < -0.3 is 0 Å². The molecule has 0 bridgehead atoms. The number of nitrogens with zero attached hydrogens (tertiary/aromatic N) is 1. The van der Waals surface area contributed by atoms with Crippen molar-refractivity contribution in [1.82, 2.24) is 0 Å². The summed E-state index contributed by atoms with van der Waals surface area (Å²) < 4.78 is 18.3. The van der Waals surface area contributed by atoms with Crippen molar-refractivity contribution in [1.29, 1.82) is 0 Å². The molecule has 0 aliphatic carbocycles. The Bertz CT molecular complexity index is 873. The first-order valence-corrected chi connectivity index (χ1v) is 10.1. The van der Waals surface area contributed by atoms with Crippen LogP contribution in [0.2, 0.25) is 0 Å². The molecule has 0 saturated carbocycles. The maximum absolute atomic E-state index is 10.7. The van der Waals surface area contributed by atoms with Crippen molar-refractivity contribution < 1.29 is 17.3 Å². The summed E-state index contributed by atoms with van der Waals surface area (Å²) in [5, 5.41) is 10.7. The Hall–Kier alpha value is -2.60. The van der Waals surface area contributed by atoms with E-state index in [1.807, 2.05) is 30.3 Å². The normalized spacial score (nSPS) is 22.6. The zero-order chi connectivity index (χ0) is 17.4. The monoisotopic (exact) mass is 405 g/mol. The van der Waals surface area contributed by atoms with Crippen molar-refractivity contribution in [2.24, 2.45) is 0 Å². The van der Waals surface area contributed by atoms with E-state index in [2.05, 4.69) is 6.08 Å². The van der Waals surface area contributed by atoms with Gasteiger partial charge in [-0.15, -0.1) is 0 Å². The number of allylic oxidation sites excluding steroid dienone is 2. The summed E-state index contributed by atoms with van der Waals surface area (Å²) in [6, 6.07) is 14.1. The van der Waals surface area contributed by atoms with Crippen LogP contribution in [0.15, 0.2) is 65.2 Å². The van der Waals surface area contributed by atoms with Gasteiger partial charge in [0.2, 0.25) is 0 Å². The number of methoxy groups -OCH3 is 1. The van der Waals surface area contributed by atoms with Gasteiger partial charge in [0.05, 0.1) is 0 Å². The van der Waals surface area contributed by atoms with E-state index < -0.39 is 19.5 Å². The van der Waals surface area contributed by atoms with Gasteiger partial charge in [-0.25, -0.2) is 0 Å². The molecule has 0 fully saturated rings. The van der Waals surface area contributed by atoms with Crippen LogP contribution in [0.1, 0.15) is 17.2 Å². The third-order valence-electron chi connectivity index (χ3n) is 4.01. The van der Waals surface area contributed by atoms with E-state index in [0.717, 1.165) is 21.3 Å². The minimum atomic E-state index is -2.02. The molecule has 2 aromatic carbocycles. The third kappa shape index (κ3) is 3.05. The number of nitro groups is 1. The molecule has 2 aliphatic rings. The molecule has 7 heteroatoms. The summed E-state index contributed by atoms with van der Waals surface area (Å²) in [6.07, 6.45) is 3.96. The Morgan fingerprint density at radius 1 is 1.12 bits per heavy atom. The van der Waals surface area contributed by atoms with Gasteiger partial charge >= 0.3 is 149 Å². The molecular weight excluding hydrogens is 389 g/mol. The second kappa shape index (κ2) is 6.37. The van der Waals surface area contributed by atoms with Crippen LogP contribution in [-0.4, -0.2) is 26.6 Å². The van der Waals surface area contributed by atoms with Gasteiger partial charge in [0.25, 0.3) is 0 Å². The van der Waals surface area contributed by atoms with Crippen molar-refractivity contribution >= 4 is 26.0 Å².